The first-order chi connectivity index (χ1) is 13.6. The van der Waals surface area contributed by atoms with E-state index in [9.17, 15) is 9.18 Å². The van der Waals surface area contributed by atoms with Gasteiger partial charge in [-0.2, -0.15) is 5.10 Å². The van der Waals surface area contributed by atoms with Crippen LogP contribution >= 0.6 is 0 Å². The summed E-state index contributed by atoms with van der Waals surface area (Å²) in [6.45, 7) is 7.50. The third kappa shape index (κ3) is 4.22. The normalized spacial score (nSPS) is 16.7. The van der Waals surface area contributed by atoms with Crippen molar-refractivity contribution >= 4 is 16.6 Å². The van der Waals surface area contributed by atoms with E-state index in [-0.39, 0.29) is 30.7 Å². The molecule has 3 aromatic rings. The minimum Gasteiger partial charge on any atom is -0.296 e. The molecule has 0 radical (unpaired) electrons. The number of hydrogen-bond donors (Lipinski definition) is 0. The van der Waals surface area contributed by atoms with Gasteiger partial charge in [-0.15, -0.1) is 0 Å². The van der Waals surface area contributed by atoms with E-state index in [1.165, 1.54) is 0 Å². The van der Waals surface area contributed by atoms with Crippen molar-refractivity contribution in [3.8, 4) is 11.1 Å². The molecule has 0 spiro atoms. The van der Waals surface area contributed by atoms with Crippen LogP contribution < -0.4 is 0 Å². The maximum Gasteiger partial charge on any atom is 0.194 e. The molecule has 152 valence electrons. The minimum atomic E-state index is -1.75. The van der Waals surface area contributed by atoms with E-state index < -0.39 is 5.67 Å². The Hall–Kier alpha value is -2.60. The Labute approximate surface area is 170 Å². The Balaban J connectivity index is 1.49. The van der Waals surface area contributed by atoms with Crippen LogP contribution in [0.5, 0.6) is 0 Å². The number of ketones is 1. The Kier molecular flexibility index (Phi) is 4.77. The Morgan fingerprint density at radius 1 is 1.14 bits per heavy atom. The maximum atomic E-state index is 15.0. The molecule has 1 fully saturated rings. The number of fused-ring (bicyclic) bond motifs is 1. The summed E-state index contributed by atoms with van der Waals surface area (Å²) >= 11 is 0. The van der Waals surface area contributed by atoms with E-state index >= 15 is 0 Å². The molecular weight excluding hydrogens is 367 g/mol. The highest BCUT2D eigenvalue weighted by Gasteiger charge is 2.49. The number of aromatic nitrogens is 3. The lowest BCUT2D eigenvalue weighted by molar-refractivity contribution is -0.143. The van der Waals surface area contributed by atoms with Crippen LogP contribution in [0.4, 0.5) is 4.39 Å². The summed E-state index contributed by atoms with van der Waals surface area (Å²) in [5, 5.41) is 6.19. The van der Waals surface area contributed by atoms with E-state index in [0.29, 0.717) is 5.69 Å². The van der Waals surface area contributed by atoms with Crippen LogP contribution in [0.15, 0.2) is 42.9 Å². The number of nitrogens with zero attached hydrogens (tertiary/aromatic N) is 4. The lowest BCUT2D eigenvalue weighted by atomic mass is 9.85. The predicted octanol–water partition coefficient (Wildman–Crippen LogP) is 3.82. The van der Waals surface area contributed by atoms with Crippen LogP contribution in [-0.4, -0.2) is 50.8 Å². The molecule has 1 aliphatic heterocycles. The van der Waals surface area contributed by atoms with Gasteiger partial charge in [0.05, 0.1) is 12.6 Å². The summed E-state index contributed by atoms with van der Waals surface area (Å²) < 4.78 is 16.7. The first kappa shape index (κ1) is 19.7. The van der Waals surface area contributed by atoms with Crippen LogP contribution in [0.3, 0.4) is 0 Å². The second-order valence-corrected chi connectivity index (χ2v) is 9.41. The summed E-state index contributed by atoms with van der Waals surface area (Å²) in [4.78, 5) is 19.0. The van der Waals surface area contributed by atoms with Gasteiger partial charge < -0.3 is 0 Å². The minimum absolute atomic E-state index is 0.0208. The summed E-state index contributed by atoms with van der Waals surface area (Å²) in [6, 6.07) is 7.98. The molecule has 2 aromatic heterocycles. The highest BCUT2D eigenvalue weighted by molar-refractivity contribution is 5.92. The highest BCUT2D eigenvalue weighted by Crippen LogP contribution is 2.31. The van der Waals surface area contributed by atoms with Crippen LogP contribution in [0.1, 0.15) is 26.5 Å². The molecule has 0 atom stereocenters. The summed E-state index contributed by atoms with van der Waals surface area (Å²) in [6.07, 6.45) is 5.55. The van der Waals surface area contributed by atoms with Crippen molar-refractivity contribution in [2.75, 3.05) is 19.6 Å². The van der Waals surface area contributed by atoms with Crippen molar-refractivity contribution in [2.45, 2.75) is 32.9 Å². The molecule has 5 nitrogen and oxygen atoms in total. The fraction of sp³-hybridized carbons (Fsp3) is 0.435. The molecule has 3 heterocycles. The van der Waals surface area contributed by atoms with Crippen LogP contribution in [-0.2, 0) is 18.3 Å². The lowest BCUT2D eigenvalue weighted by Gasteiger charge is -2.45. The number of alkyl halides is 1. The number of likely N-dealkylation sites (tertiary alicyclic amines) is 1. The third-order valence-electron chi connectivity index (χ3n) is 5.30. The van der Waals surface area contributed by atoms with Gasteiger partial charge in [0.2, 0.25) is 0 Å². The number of rotatable bonds is 5. The average Bonchev–Trinajstić information content (AvgIpc) is 3.05. The Bertz CT molecular complexity index is 1060. The fourth-order valence-electron chi connectivity index (χ4n) is 3.98. The van der Waals surface area contributed by atoms with Crippen molar-refractivity contribution in [1.82, 2.24) is 19.7 Å². The highest BCUT2D eigenvalue weighted by atomic mass is 19.1. The molecule has 29 heavy (non-hydrogen) atoms. The standard InChI is InChI=1S/C23H27FN4O/c1-22(2,3)13-28-14-23(24,15-28)21(29)9-20-8-18-7-16(5-6-17(18)10-25-20)19-11-26-27(4)12-19/h5-8,10-12H,9,13-15H2,1-4H3. The van der Waals surface area contributed by atoms with Gasteiger partial charge in [-0.25, -0.2) is 4.39 Å². The zero-order chi connectivity index (χ0) is 20.8. The van der Waals surface area contributed by atoms with Gasteiger partial charge >= 0.3 is 0 Å². The quantitative estimate of drug-likeness (QED) is 0.660. The van der Waals surface area contributed by atoms with Gasteiger partial charge in [0, 0.05) is 55.7 Å². The van der Waals surface area contributed by atoms with Crippen LogP contribution in [0, 0.1) is 5.41 Å². The molecule has 4 rings (SSSR count). The molecule has 1 aliphatic rings. The van der Waals surface area contributed by atoms with E-state index in [1.54, 1.807) is 10.9 Å². The topological polar surface area (TPSA) is 51.0 Å². The molecule has 0 bridgehead atoms. The van der Waals surface area contributed by atoms with Crippen LogP contribution in [0.2, 0.25) is 0 Å². The fourth-order valence-corrected chi connectivity index (χ4v) is 3.98. The van der Waals surface area contributed by atoms with Gasteiger partial charge in [0.1, 0.15) is 0 Å². The zero-order valence-corrected chi connectivity index (χ0v) is 17.4. The molecule has 0 unspecified atom stereocenters. The number of aryl methyl sites for hydroxylation is 1. The van der Waals surface area contributed by atoms with Crippen LogP contribution in [0.25, 0.3) is 21.9 Å². The first-order valence-electron chi connectivity index (χ1n) is 9.94. The van der Waals surface area contributed by atoms with Crippen molar-refractivity contribution in [3.63, 3.8) is 0 Å². The average molecular weight is 394 g/mol. The molecule has 0 aliphatic carbocycles. The monoisotopic (exact) mass is 394 g/mol. The molecule has 6 heteroatoms. The molecule has 1 aromatic carbocycles. The number of Topliss-reactive ketones (excluding diaryl/α,β-unsaturated/α-hetero) is 1. The molecular formula is C23H27FN4O. The SMILES string of the molecule is Cn1cc(-c2ccc3cnc(CC(=O)C4(F)CN(CC(C)(C)C)C4)cc3c2)cn1. The predicted molar refractivity (Wildman–Crippen MR) is 112 cm³/mol. The van der Waals surface area contributed by atoms with Crippen molar-refractivity contribution in [1.29, 1.82) is 0 Å². The van der Waals surface area contributed by atoms with E-state index in [4.69, 9.17) is 0 Å². The first-order valence-corrected chi connectivity index (χ1v) is 9.94. The second-order valence-electron chi connectivity index (χ2n) is 9.41. The molecule has 1 saturated heterocycles. The third-order valence-corrected chi connectivity index (χ3v) is 5.30. The van der Waals surface area contributed by atoms with Gasteiger partial charge in [-0.3, -0.25) is 19.4 Å². The number of halogens is 1. The number of carbonyl (C=O) groups is 1. The van der Waals surface area contributed by atoms with E-state index in [1.807, 2.05) is 42.5 Å². The molecule has 0 N–H and O–H groups in total. The number of carbonyl (C=O) groups excluding carboxylic acids is 1. The smallest absolute Gasteiger partial charge is 0.194 e. The Morgan fingerprint density at radius 2 is 1.90 bits per heavy atom. The summed E-state index contributed by atoms with van der Waals surface area (Å²) in [7, 11) is 1.88. The lowest BCUT2D eigenvalue weighted by Crippen LogP contribution is -2.64. The summed E-state index contributed by atoms with van der Waals surface area (Å²) in [5.41, 5.74) is 1.03. The van der Waals surface area contributed by atoms with Gasteiger partial charge in [0.25, 0.3) is 0 Å². The second kappa shape index (κ2) is 7.02. The maximum absolute atomic E-state index is 15.0. The zero-order valence-electron chi connectivity index (χ0n) is 17.4. The van der Waals surface area contributed by atoms with Gasteiger partial charge in [-0.1, -0.05) is 32.9 Å². The van der Waals surface area contributed by atoms with E-state index in [0.717, 1.165) is 28.4 Å². The van der Waals surface area contributed by atoms with Crippen molar-refractivity contribution < 1.29 is 9.18 Å². The van der Waals surface area contributed by atoms with E-state index in [2.05, 4.69) is 36.9 Å². The number of benzene rings is 1. The Morgan fingerprint density at radius 3 is 2.55 bits per heavy atom. The number of pyridine rings is 1. The summed E-state index contributed by atoms with van der Waals surface area (Å²) in [5.74, 6) is -0.377. The molecule has 0 saturated carbocycles. The van der Waals surface area contributed by atoms with Crippen molar-refractivity contribution in [2.24, 2.45) is 12.5 Å². The largest absolute Gasteiger partial charge is 0.296 e. The van der Waals surface area contributed by atoms with Crippen molar-refractivity contribution in [3.05, 3.63) is 48.5 Å². The molecule has 0 amide bonds. The number of hydrogen-bond acceptors (Lipinski definition) is 4. The van der Waals surface area contributed by atoms with Gasteiger partial charge in [-0.05, 0) is 28.5 Å². The van der Waals surface area contributed by atoms with Gasteiger partial charge in [0.15, 0.2) is 11.5 Å².